The lowest BCUT2D eigenvalue weighted by atomic mass is 10.0. The minimum absolute atomic E-state index is 0.134. The molecule has 0 atom stereocenters. The quantitative estimate of drug-likeness (QED) is 0.220. The third-order valence-corrected chi connectivity index (χ3v) is 8.46. The van der Waals surface area contributed by atoms with E-state index in [1.54, 1.807) is 8.97 Å². The fourth-order valence-corrected chi connectivity index (χ4v) is 6.53. The summed E-state index contributed by atoms with van der Waals surface area (Å²) in [5.41, 5.74) is 9.43. The second-order valence-corrected chi connectivity index (χ2v) is 10.9. The summed E-state index contributed by atoms with van der Waals surface area (Å²) < 4.78 is 5.86. The number of para-hydroxylation sites is 5. The second kappa shape index (κ2) is 9.03. The van der Waals surface area contributed by atoms with Crippen molar-refractivity contribution in [2.75, 3.05) is 0 Å². The van der Waals surface area contributed by atoms with E-state index in [4.69, 9.17) is 4.98 Å². The first kappa shape index (κ1) is 23.7. The Kier molecular flexibility index (Phi) is 4.98. The van der Waals surface area contributed by atoms with Gasteiger partial charge < -0.3 is 4.57 Å². The van der Waals surface area contributed by atoms with Crippen molar-refractivity contribution >= 4 is 49.4 Å². The zero-order valence-electron chi connectivity index (χ0n) is 23.1. The van der Waals surface area contributed by atoms with Crippen molar-refractivity contribution in [3.63, 3.8) is 0 Å². The summed E-state index contributed by atoms with van der Waals surface area (Å²) in [5.74, 6) is 0. The minimum Gasteiger partial charge on any atom is -0.309 e. The summed E-state index contributed by atoms with van der Waals surface area (Å²) in [6.07, 6.45) is 0. The van der Waals surface area contributed by atoms with Crippen molar-refractivity contribution in [1.82, 2.24) is 18.5 Å². The van der Waals surface area contributed by atoms with Gasteiger partial charge in [-0.1, -0.05) is 78.9 Å². The molecule has 0 spiro atoms. The van der Waals surface area contributed by atoms with E-state index in [0.717, 1.165) is 50.0 Å². The van der Waals surface area contributed by atoms with Crippen LogP contribution in [0.5, 0.6) is 0 Å². The molecule has 6 aromatic carbocycles. The minimum atomic E-state index is -0.134. The zero-order valence-corrected chi connectivity index (χ0v) is 23.1. The number of nitrogens with zero attached hydrogens (tertiary/aromatic N) is 4. The van der Waals surface area contributed by atoms with E-state index in [9.17, 15) is 4.79 Å². The van der Waals surface area contributed by atoms with Gasteiger partial charge in [-0.3, -0.25) is 4.57 Å². The Hall–Kier alpha value is -5.94. The van der Waals surface area contributed by atoms with E-state index in [-0.39, 0.29) is 5.69 Å². The molecule has 0 unspecified atom stereocenters. The number of rotatable bonds is 3. The van der Waals surface area contributed by atoms with Gasteiger partial charge in [0.1, 0.15) is 0 Å². The Morgan fingerprint density at radius 3 is 1.70 bits per heavy atom. The van der Waals surface area contributed by atoms with E-state index < -0.39 is 0 Å². The van der Waals surface area contributed by atoms with E-state index in [2.05, 4.69) is 89.5 Å². The van der Waals surface area contributed by atoms with E-state index in [0.29, 0.717) is 5.65 Å². The molecule has 5 heteroatoms. The average molecular weight is 553 g/mol. The topological polar surface area (TPSA) is 44.2 Å². The van der Waals surface area contributed by atoms with Gasteiger partial charge in [-0.05, 0) is 77.9 Å². The molecule has 0 radical (unpaired) electrons. The van der Waals surface area contributed by atoms with Crippen LogP contribution >= 0.6 is 0 Å². The largest absolute Gasteiger partial charge is 0.339 e. The number of benzene rings is 6. The number of imidazole rings is 1. The van der Waals surface area contributed by atoms with Crippen molar-refractivity contribution in [2.24, 2.45) is 0 Å². The molecule has 0 N–H and O–H groups in total. The zero-order chi connectivity index (χ0) is 28.5. The predicted molar refractivity (Wildman–Crippen MR) is 176 cm³/mol. The summed E-state index contributed by atoms with van der Waals surface area (Å²) in [6, 6.07) is 49.7. The van der Waals surface area contributed by atoms with E-state index >= 15 is 0 Å². The predicted octanol–water partition coefficient (Wildman–Crippen LogP) is 8.56. The van der Waals surface area contributed by atoms with Crippen LogP contribution < -0.4 is 5.69 Å². The van der Waals surface area contributed by atoms with Crippen LogP contribution in [0.25, 0.3) is 71.9 Å². The van der Waals surface area contributed by atoms with Crippen molar-refractivity contribution in [1.29, 1.82) is 0 Å². The van der Waals surface area contributed by atoms with Gasteiger partial charge >= 0.3 is 5.69 Å². The highest BCUT2D eigenvalue weighted by molar-refractivity contribution is 6.10. The molecule has 0 aliphatic carbocycles. The number of fused-ring (bicyclic) bond motifs is 8. The van der Waals surface area contributed by atoms with Crippen molar-refractivity contribution in [3.05, 3.63) is 156 Å². The summed E-state index contributed by atoms with van der Waals surface area (Å²) in [7, 11) is 0. The number of aromatic nitrogens is 4. The lowest BCUT2D eigenvalue weighted by Crippen LogP contribution is -2.25. The van der Waals surface area contributed by atoms with Gasteiger partial charge in [0.2, 0.25) is 0 Å². The number of hydrogen-bond acceptors (Lipinski definition) is 2. The molecule has 0 bridgehead atoms. The Bertz CT molecular complexity index is 2570. The lowest BCUT2D eigenvalue weighted by molar-refractivity contribution is 0.932. The highest BCUT2D eigenvalue weighted by atomic mass is 16.1. The van der Waals surface area contributed by atoms with Gasteiger partial charge in [-0.2, -0.15) is 0 Å². The van der Waals surface area contributed by atoms with Crippen molar-refractivity contribution in [3.8, 4) is 22.5 Å². The standard InChI is InChI=1S/C38H24N4O/c43-38-41(28-13-5-2-6-14-28)35-22-20-26(24-31(35)37-39-32-16-8-10-18-36(32)42(37)38)25-19-21-34-30(23-25)29-15-7-9-17-33(29)40(34)27-11-3-1-4-12-27/h1-24H. The van der Waals surface area contributed by atoms with Crippen LogP contribution in [0.4, 0.5) is 0 Å². The third-order valence-electron chi connectivity index (χ3n) is 8.46. The third kappa shape index (κ3) is 3.45. The summed E-state index contributed by atoms with van der Waals surface area (Å²) >= 11 is 0. The molecule has 9 aromatic rings. The molecule has 0 aliphatic heterocycles. The molecule has 0 aliphatic rings. The first-order chi connectivity index (χ1) is 21.3. The molecular weight excluding hydrogens is 528 g/mol. The highest BCUT2D eigenvalue weighted by Crippen LogP contribution is 2.36. The van der Waals surface area contributed by atoms with Crippen LogP contribution in [0.3, 0.4) is 0 Å². The number of hydrogen-bond donors (Lipinski definition) is 0. The molecule has 0 saturated carbocycles. The van der Waals surface area contributed by atoms with Crippen LogP contribution in [0.2, 0.25) is 0 Å². The fraction of sp³-hybridized carbons (Fsp3) is 0. The molecule has 5 nitrogen and oxygen atoms in total. The smallest absolute Gasteiger partial charge is 0.309 e. The maximum atomic E-state index is 14.0. The molecule has 0 saturated heterocycles. The highest BCUT2D eigenvalue weighted by Gasteiger charge is 2.18. The SMILES string of the molecule is O=c1n(-c2ccccc2)c2ccc(-c3ccc4c(c3)c3ccccc3n4-c3ccccc3)cc2c2nc3ccccc3n12. The van der Waals surface area contributed by atoms with Gasteiger partial charge in [0.05, 0.1) is 33.3 Å². The van der Waals surface area contributed by atoms with Gasteiger partial charge in [-0.25, -0.2) is 14.2 Å². The Balaban J connectivity index is 1.33. The normalized spacial score (nSPS) is 11.8. The molecule has 0 amide bonds. The van der Waals surface area contributed by atoms with Crippen molar-refractivity contribution in [2.45, 2.75) is 0 Å². The Morgan fingerprint density at radius 1 is 0.442 bits per heavy atom. The van der Waals surface area contributed by atoms with Crippen LogP contribution in [-0.4, -0.2) is 18.5 Å². The molecule has 3 heterocycles. The fourth-order valence-electron chi connectivity index (χ4n) is 6.53. The second-order valence-electron chi connectivity index (χ2n) is 10.9. The molecule has 9 rings (SSSR count). The van der Waals surface area contributed by atoms with Crippen molar-refractivity contribution < 1.29 is 0 Å². The van der Waals surface area contributed by atoms with Crippen LogP contribution in [-0.2, 0) is 0 Å². The first-order valence-electron chi connectivity index (χ1n) is 14.4. The van der Waals surface area contributed by atoms with Crippen LogP contribution in [0, 0.1) is 0 Å². The first-order valence-corrected chi connectivity index (χ1v) is 14.4. The van der Waals surface area contributed by atoms with Crippen LogP contribution in [0.1, 0.15) is 0 Å². The molecule has 43 heavy (non-hydrogen) atoms. The molecule has 0 fully saturated rings. The summed E-state index contributed by atoms with van der Waals surface area (Å²) in [4.78, 5) is 19.0. The van der Waals surface area contributed by atoms with Gasteiger partial charge in [-0.15, -0.1) is 0 Å². The maximum Gasteiger partial charge on any atom is 0.339 e. The Labute approximate surface area is 246 Å². The van der Waals surface area contributed by atoms with E-state index in [1.165, 1.54) is 16.3 Å². The van der Waals surface area contributed by atoms with Crippen LogP contribution in [0.15, 0.2) is 150 Å². The maximum absolute atomic E-state index is 14.0. The van der Waals surface area contributed by atoms with Gasteiger partial charge in [0, 0.05) is 21.8 Å². The van der Waals surface area contributed by atoms with E-state index in [1.807, 2.05) is 60.7 Å². The molecule has 3 aromatic heterocycles. The monoisotopic (exact) mass is 552 g/mol. The summed E-state index contributed by atoms with van der Waals surface area (Å²) in [6.45, 7) is 0. The van der Waals surface area contributed by atoms with Gasteiger partial charge in [0.25, 0.3) is 0 Å². The molecular formula is C38H24N4O. The summed E-state index contributed by atoms with van der Waals surface area (Å²) in [5, 5.41) is 3.33. The van der Waals surface area contributed by atoms with Gasteiger partial charge in [0.15, 0.2) is 5.65 Å². The lowest BCUT2D eigenvalue weighted by Gasteiger charge is -2.13. The average Bonchev–Trinajstić information content (AvgIpc) is 3.62. The Morgan fingerprint density at radius 2 is 0.977 bits per heavy atom. The molecule has 202 valence electrons.